The largest absolute Gasteiger partial charge is 0.335 e. The van der Waals surface area contributed by atoms with Gasteiger partial charge in [-0.05, 0) is 50.3 Å². The number of piperidine rings is 1. The topological polar surface area (TPSA) is 91.8 Å². The van der Waals surface area contributed by atoms with Crippen LogP contribution in [0.1, 0.15) is 61.4 Å². The highest BCUT2D eigenvalue weighted by atomic mass is 32.2. The smallest absolute Gasteiger partial charge is 0.254 e. The van der Waals surface area contributed by atoms with Crippen molar-refractivity contribution >= 4 is 25.8 Å². The quantitative estimate of drug-likeness (QED) is 0.629. The van der Waals surface area contributed by atoms with E-state index in [1.165, 1.54) is 10.4 Å². The predicted octanol–water partition coefficient (Wildman–Crippen LogP) is 2.60. The van der Waals surface area contributed by atoms with Crippen molar-refractivity contribution in [3.8, 4) is 0 Å². The molecule has 1 aromatic carbocycles. The molecule has 9 heteroatoms. The van der Waals surface area contributed by atoms with Crippen molar-refractivity contribution in [2.75, 3.05) is 31.1 Å². The van der Waals surface area contributed by atoms with E-state index in [9.17, 15) is 21.6 Å². The predicted molar refractivity (Wildman–Crippen MR) is 117 cm³/mol. The molecule has 2 heterocycles. The van der Waals surface area contributed by atoms with Crippen molar-refractivity contribution in [3.05, 3.63) is 29.3 Å². The fourth-order valence-electron chi connectivity index (χ4n) is 4.20. The molecule has 0 spiro atoms. The van der Waals surface area contributed by atoms with Gasteiger partial charge in [0.05, 0.1) is 16.4 Å². The number of amides is 1. The van der Waals surface area contributed by atoms with Crippen LogP contribution in [0.5, 0.6) is 0 Å². The van der Waals surface area contributed by atoms with Crippen molar-refractivity contribution < 1.29 is 21.6 Å². The number of hydrogen-bond donors (Lipinski definition) is 0. The number of sulfonamides is 1. The summed E-state index contributed by atoms with van der Waals surface area (Å²) in [6.07, 6.45) is 4.80. The second-order valence-corrected chi connectivity index (χ2v) is 12.5. The van der Waals surface area contributed by atoms with Gasteiger partial charge in [0.15, 0.2) is 9.84 Å². The third-order valence-corrected chi connectivity index (χ3v) is 9.70. The number of benzene rings is 1. The third-order valence-electron chi connectivity index (χ3n) is 6.05. The van der Waals surface area contributed by atoms with Gasteiger partial charge in [-0.2, -0.15) is 4.31 Å². The van der Waals surface area contributed by atoms with Crippen LogP contribution in [0.25, 0.3) is 0 Å². The molecule has 3 rings (SSSR count). The van der Waals surface area contributed by atoms with Gasteiger partial charge < -0.3 is 4.90 Å². The lowest BCUT2D eigenvalue weighted by Crippen LogP contribution is -2.42. The number of rotatable bonds is 7. The molecule has 0 aromatic heterocycles. The molecule has 7 nitrogen and oxygen atoms in total. The maximum absolute atomic E-state index is 13.4. The van der Waals surface area contributed by atoms with Gasteiger partial charge in [0, 0.05) is 31.2 Å². The van der Waals surface area contributed by atoms with Crippen LogP contribution in [0.2, 0.25) is 0 Å². The van der Waals surface area contributed by atoms with E-state index in [0.717, 1.165) is 32.1 Å². The van der Waals surface area contributed by atoms with E-state index in [4.69, 9.17) is 0 Å². The lowest BCUT2D eigenvalue weighted by molar-refractivity contribution is 0.0693. The standard InChI is InChI=1S/C21H32N2O5S2/c1-3-4-13-23(18-10-14-29(25,26)16-18)21(24)20-15-19(9-8-17(20)2)30(27,28)22-11-6-5-7-12-22/h8-9,15,18H,3-7,10-14,16H2,1-2H3. The molecule has 2 fully saturated rings. The second kappa shape index (κ2) is 9.36. The third kappa shape index (κ3) is 5.06. The summed E-state index contributed by atoms with van der Waals surface area (Å²) in [5.74, 6) is -0.206. The van der Waals surface area contributed by atoms with Gasteiger partial charge in [-0.25, -0.2) is 16.8 Å². The average Bonchev–Trinajstić information content (AvgIpc) is 3.08. The Morgan fingerprint density at radius 1 is 1.20 bits per heavy atom. The zero-order valence-corrected chi connectivity index (χ0v) is 19.5. The van der Waals surface area contributed by atoms with Crippen LogP contribution in [0.3, 0.4) is 0 Å². The van der Waals surface area contributed by atoms with Gasteiger partial charge in [-0.15, -0.1) is 0 Å². The van der Waals surface area contributed by atoms with Crippen molar-refractivity contribution in [2.45, 2.75) is 63.3 Å². The first-order valence-corrected chi connectivity index (χ1v) is 14.0. The lowest BCUT2D eigenvalue weighted by atomic mass is 10.1. The molecule has 0 radical (unpaired) electrons. The molecule has 1 unspecified atom stereocenters. The summed E-state index contributed by atoms with van der Waals surface area (Å²) in [6.45, 7) is 5.28. The number of carbonyl (C=O) groups excluding carboxylic acids is 1. The fourth-order valence-corrected chi connectivity index (χ4v) is 7.48. The zero-order chi connectivity index (χ0) is 21.9. The molecule has 0 bridgehead atoms. The van der Waals surface area contributed by atoms with E-state index < -0.39 is 19.9 Å². The molecule has 2 saturated heterocycles. The van der Waals surface area contributed by atoms with Crippen molar-refractivity contribution in [2.24, 2.45) is 0 Å². The normalized spacial score (nSPS) is 22.1. The molecular weight excluding hydrogens is 424 g/mol. The number of nitrogens with zero attached hydrogens (tertiary/aromatic N) is 2. The van der Waals surface area contributed by atoms with Gasteiger partial charge in [0.2, 0.25) is 10.0 Å². The Morgan fingerprint density at radius 2 is 1.90 bits per heavy atom. The summed E-state index contributed by atoms with van der Waals surface area (Å²) in [5, 5.41) is 0. The first-order valence-electron chi connectivity index (χ1n) is 10.8. The van der Waals surface area contributed by atoms with E-state index in [-0.39, 0.29) is 28.4 Å². The Morgan fingerprint density at radius 3 is 2.50 bits per heavy atom. The minimum absolute atomic E-state index is 0.0206. The van der Waals surface area contributed by atoms with E-state index >= 15 is 0 Å². The van der Waals surface area contributed by atoms with E-state index in [2.05, 4.69) is 0 Å². The Kier molecular flexibility index (Phi) is 7.24. The van der Waals surface area contributed by atoms with Crippen LogP contribution in [0.15, 0.2) is 23.1 Å². The molecule has 2 aliphatic heterocycles. The second-order valence-electron chi connectivity index (χ2n) is 8.35. The Balaban J connectivity index is 1.92. The van der Waals surface area contributed by atoms with Crippen LogP contribution in [0.4, 0.5) is 0 Å². The summed E-state index contributed by atoms with van der Waals surface area (Å²) < 4.78 is 51.6. The number of aryl methyl sites for hydroxylation is 1. The highest BCUT2D eigenvalue weighted by Crippen LogP contribution is 2.26. The van der Waals surface area contributed by atoms with Crippen LogP contribution in [-0.2, 0) is 19.9 Å². The summed E-state index contributed by atoms with van der Waals surface area (Å²) in [7, 11) is -6.78. The summed E-state index contributed by atoms with van der Waals surface area (Å²) in [5.41, 5.74) is 1.04. The molecular formula is C21H32N2O5S2. The van der Waals surface area contributed by atoms with Gasteiger partial charge >= 0.3 is 0 Å². The SMILES string of the molecule is CCCCN(C(=O)c1cc(S(=O)(=O)N2CCCCC2)ccc1C)C1CCS(=O)(=O)C1. The molecule has 30 heavy (non-hydrogen) atoms. The fraction of sp³-hybridized carbons (Fsp3) is 0.667. The van der Waals surface area contributed by atoms with Gasteiger partial charge in [-0.3, -0.25) is 4.79 Å². The van der Waals surface area contributed by atoms with Crippen molar-refractivity contribution in [1.82, 2.24) is 9.21 Å². The summed E-state index contributed by atoms with van der Waals surface area (Å²) >= 11 is 0. The summed E-state index contributed by atoms with van der Waals surface area (Å²) in [4.78, 5) is 15.2. The molecule has 1 aromatic rings. The molecule has 1 amide bonds. The molecule has 1 atom stereocenters. The van der Waals surface area contributed by atoms with Crippen molar-refractivity contribution in [3.63, 3.8) is 0 Å². The van der Waals surface area contributed by atoms with E-state index in [0.29, 0.717) is 37.2 Å². The number of unbranched alkanes of at least 4 members (excludes halogenated alkanes) is 1. The minimum atomic E-state index is -3.65. The number of carbonyl (C=O) groups is 1. The Hall–Kier alpha value is -1.45. The Bertz CT molecular complexity index is 983. The monoisotopic (exact) mass is 456 g/mol. The van der Waals surface area contributed by atoms with Crippen LogP contribution >= 0.6 is 0 Å². The first-order chi connectivity index (χ1) is 14.2. The molecule has 2 aliphatic rings. The summed E-state index contributed by atoms with van der Waals surface area (Å²) in [6, 6.07) is 4.36. The van der Waals surface area contributed by atoms with Crippen LogP contribution in [0, 0.1) is 6.92 Å². The first kappa shape index (κ1) is 23.2. The van der Waals surface area contributed by atoms with Crippen LogP contribution < -0.4 is 0 Å². The molecule has 0 aliphatic carbocycles. The van der Waals surface area contributed by atoms with Gasteiger partial charge in [0.25, 0.3) is 5.91 Å². The molecule has 0 saturated carbocycles. The number of hydrogen-bond acceptors (Lipinski definition) is 5. The molecule has 168 valence electrons. The molecule has 0 N–H and O–H groups in total. The van der Waals surface area contributed by atoms with Crippen LogP contribution in [-0.4, -0.2) is 69.1 Å². The number of sulfone groups is 1. The zero-order valence-electron chi connectivity index (χ0n) is 17.8. The highest BCUT2D eigenvalue weighted by molar-refractivity contribution is 7.91. The maximum atomic E-state index is 13.4. The van der Waals surface area contributed by atoms with Gasteiger partial charge in [0.1, 0.15) is 0 Å². The highest BCUT2D eigenvalue weighted by Gasteiger charge is 2.35. The minimum Gasteiger partial charge on any atom is -0.335 e. The average molecular weight is 457 g/mol. The van der Waals surface area contributed by atoms with E-state index in [1.54, 1.807) is 24.0 Å². The van der Waals surface area contributed by atoms with E-state index in [1.807, 2.05) is 6.92 Å². The lowest BCUT2D eigenvalue weighted by Gasteiger charge is -2.29. The maximum Gasteiger partial charge on any atom is 0.254 e. The van der Waals surface area contributed by atoms with Gasteiger partial charge in [-0.1, -0.05) is 25.8 Å². The van der Waals surface area contributed by atoms with Crippen molar-refractivity contribution in [1.29, 1.82) is 0 Å². The Labute approximate surface area is 180 Å².